The smallest absolute Gasteiger partial charge is 0.410 e. The molecule has 32 heavy (non-hydrogen) atoms. The van der Waals surface area contributed by atoms with Crippen LogP contribution in [0.5, 0.6) is 5.75 Å². The van der Waals surface area contributed by atoms with Gasteiger partial charge < -0.3 is 14.4 Å². The molecule has 2 aliphatic rings. The zero-order valence-corrected chi connectivity index (χ0v) is 17.0. The lowest BCUT2D eigenvalue weighted by atomic mass is 9.83. The number of nitro groups is 1. The number of halogens is 3. The van der Waals surface area contributed by atoms with Crippen molar-refractivity contribution < 1.29 is 32.4 Å². The van der Waals surface area contributed by atoms with Gasteiger partial charge in [-0.3, -0.25) is 10.1 Å². The summed E-state index contributed by atoms with van der Waals surface area (Å²) in [6, 6.07) is 10.6. The monoisotopic (exact) mass is 450 g/mol. The molecule has 1 unspecified atom stereocenters. The van der Waals surface area contributed by atoms with Gasteiger partial charge in [0.2, 0.25) is 0 Å². The summed E-state index contributed by atoms with van der Waals surface area (Å²) in [6.45, 7) is 1.12. The van der Waals surface area contributed by atoms with Crippen LogP contribution < -0.4 is 4.74 Å². The number of carbonyl (C=O) groups excluding carboxylic acids is 1. The largest absolute Gasteiger partial charge is 0.416 e. The van der Waals surface area contributed by atoms with Crippen molar-refractivity contribution in [3.8, 4) is 5.75 Å². The zero-order valence-electron chi connectivity index (χ0n) is 17.0. The van der Waals surface area contributed by atoms with Gasteiger partial charge in [-0.05, 0) is 43.0 Å². The van der Waals surface area contributed by atoms with Crippen LogP contribution in [0.2, 0.25) is 0 Å². The Morgan fingerprint density at radius 3 is 2.47 bits per heavy atom. The van der Waals surface area contributed by atoms with Crippen LogP contribution in [0.3, 0.4) is 0 Å². The Morgan fingerprint density at radius 1 is 1.16 bits per heavy atom. The second-order valence-electron chi connectivity index (χ2n) is 8.12. The van der Waals surface area contributed by atoms with E-state index in [2.05, 4.69) is 0 Å². The van der Waals surface area contributed by atoms with Crippen LogP contribution in [-0.4, -0.2) is 41.2 Å². The van der Waals surface area contributed by atoms with Crippen LogP contribution in [0.25, 0.3) is 0 Å². The molecule has 1 amide bonds. The van der Waals surface area contributed by atoms with E-state index in [1.165, 1.54) is 41.3 Å². The summed E-state index contributed by atoms with van der Waals surface area (Å²) in [6.07, 6.45) is -3.24. The summed E-state index contributed by atoms with van der Waals surface area (Å²) in [5, 5.41) is 10.7. The summed E-state index contributed by atoms with van der Waals surface area (Å²) in [4.78, 5) is 24.1. The van der Waals surface area contributed by atoms with E-state index >= 15 is 0 Å². The van der Waals surface area contributed by atoms with Crippen molar-refractivity contribution in [1.29, 1.82) is 0 Å². The molecule has 0 aromatic heterocycles. The summed E-state index contributed by atoms with van der Waals surface area (Å²) in [5.74, 6) is 0.0820. The van der Waals surface area contributed by atoms with Crippen molar-refractivity contribution in [2.75, 3.05) is 19.7 Å². The van der Waals surface area contributed by atoms with E-state index in [-0.39, 0.29) is 17.4 Å². The fraction of sp³-hybridized carbons (Fsp3) is 0.409. The average Bonchev–Trinajstić information content (AvgIpc) is 3.17. The van der Waals surface area contributed by atoms with Gasteiger partial charge >= 0.3 is 12.3 Å². The van der Waals surface area contributed by atoms with Crippen LogP contribution in [0.1, 0.15) is 36.3 Å². The van der Waals surface area contributed by atoms with E-state index in [0.29, 0.717) is 44.5 Å². The Balaban J connectivity index is 1.33. The van der Waals surface area contributed by atoms with Gasteiger partial charge in [-0.2, -0.15) is 13.2 Å². The van der Waals surface area contributed by atoms with Crippen molar-refractivity contribution in [3.63, 3.8) is 0 Å². The van der Waals surface area contributed by atoms with Crippen LogP contribution in [0.4, 0.5) is 23.7 Å². The zero-order chi connectivity index (χ0) is 22.9. The first-order chi connectivity index (χ1) is 15.2. The van der Waals surface area contributed by atoms with Crippen molar-refractivity contribution in [2.45, 2.75) is 37.0 Å². The Bertz CT molecular complexity index is 1000. The molecule has 1 atom stereocenters. The molecule has 2 aromatic rings. The molecular formula is C22H21F3N2O5. The molecule has 2 saturated heterocycles. The van der Waals surface area contributed by atoms with E-state index in [1.807, 2.05) is 0 Å². The first-order valence-corrected chi connectivity index (χ1v) is 10.2. The predicted octanol–water partition coefficient (Wildman–Crippen LogP) is 5.15. The normalized spacial score (nSPS) is 20.3. The highest BCUT2D eigenvalue weighted by Crippen LogP contribution is 2.43. The Labute approximate surface area is 181 Å². The summed E-state index contributed by atoms with van der Waals surface area (Å²) >= 11 is 0. The highest BCUT2D eigenvalue weighted by Gasteiger charge is 2.44. The molecular weight excluding hydrogens is 429 g/mol. The third-order valence-electron chi connectivity index (χ3n) is 6.08. The summed E-state index contributed by atoms with van der Waals surface area (Å²) in [7, 11) is 0. The molecule has 2 heterocycles. The minimum atomic E-state index is -4.39. The number of carbonyl (C=O) groups is 1. The first kappa shape index (κ1) is 22.1. The number of rotatable bonds is 3. The highest BCUT2D eigenvalue weighted by atomic mass is 19.4. The van der Waals surface area contributed by atoms with Gasteiger partial charge in [-0.25, -0.2) is 4.79 Å². The van der Waals surface area contributed by atoms with Crippen molar-refractivity contribution in [1.82, 2.24) is 4.90 Å². The topological polar surface area (TPSA) is 81.9 Å². The van der Waals surface area contributed by atoms with E-state index in [0.717, 1.165) is 6.07 Å². The Morgan fingerprint density at radius 2 is 1.84 bits per heavy atom. The quantitative estimate of drug-likeness (QED) is 0.477. The van der Waals surface area contributed by atoms with Crippen LogP contribution >= 0.6 is 0 Å². The second kappa shape index (κ2) is 8.42. The van der Waals surface area contributed by atoms with Gasteiger partial charge in [0.25, 0.3) is 5.69 Å². The minimum Gasteiger partial charge on any atom is -0.410 e. The molecule has 4 rings (SSSR count). The standard InChI is InChI=1S/C22H21F3N2O5/c23-22(24,25)17-3-1-2-15(12-17)16-13-21(31-14-16)8-10-26(11-9-21)20(28)32-19-6-4-18(5-7-19)27(29)30/h1-7,12,16H,8-11,13-14H2. The number of nitro benzene ring substituents is 1. The first-order valence-electron chi connectivity index (χ1n) is 10.2. The maximum atomic E-state index is 13.0. The summed E-state index contributed by atoms with van der Waals surface area (Å²) in [5.41, 5.74) is -0.627. The molecule has 1 spiro atoms. The molecule has 0 aliphatic carbocycles. The fourth-order valence-corrected chi connectivity index (χ4v) is 4.27. The molecule has 2 aromatic carbocycles. The lowest BCUT2D eigenvalue weighted by Crippen LogP contribution is -2.47. The number of nitrogens with zero attached hydrogens (tertiary/aromatic N) is 2. The third-order valence-corrected chi connectivity index (χ3v) is 6.08. The van der Waals surface area contributed by atoms with Gasteiger partial charge in [-0.15, -0.1) is 0 Å². The highest BCUT2D eigenvalue weighted by molar-refractivity contribution is 5.71. The van der Waals surface area contributed by atoms with Crippen molar-refractivity contribution in [2.24, 2.45) is 0 Å². The fourth-order valence-electron chi connectivity index (χ4n) is 4.27. The van der Waals surface area contributed by atoms with Crippen LogP contribution in [0.15, 0.2) is 48.5 Å². The number of amides is 1. The number of hydrogen-bond acceptors (Lipinski definition) is 5. The lowest BCUT2D eigenvalue weighted by molar-refractivity contribution is -0.384. The van der Waals surface area contributed by atoms with Gasteiger partial charge in [0, 0.05) is 31.1 Å². The third kappa shape index (κ3) is 4.69. The molecule has 0 bridgehead atoms. The van der Waals surface area contributed by atoms with Crippen molar-refractivity contribution >= 4 is 11.8 Å². The van der Waals surface area contributed by atoms with Gasteiger partial charge in [0.1, 0.15) is 5.75 Å². The number of non-ortho nitro benzene ring substituents is 1. The molecule has 2 aliphatic heterocycles. The van der Waals surface area contributed by atoms with E-state index in [9.17, 15) is 28.1 Å². The van der Waals surface area contributed by atoms with Crippen LogP contribution in [-0.2, 0) is 10.9 Å². The minimum absolute atomic E-state index is 0.0987. The number of hydrogen-bond donors (Lipinski definition) is 0. The Kier molecular flexibility index (Phi) is 5.81. The van der Waals surface area contributed by atoms with E-state index in [4.69, 9.17) is 9.47 Å². The molecule has 0 N–H and O–H groups in total. The molecule has 7 nitrogen and oxygen atoms in total. The number of likely N-dealkylation sites (tertiary alicyclic amines) is 1. The van der Waals surface area contributed by atoms with E-state index in [1.54, 1.807) is 6.07 Å². The van der Waals surface area contributed by atoms with Gasteiger partial charge in [0.15, 0.2) is 0 Å². The Hall–Kier alpha value is -3.14. The van der Waals surface area contributed by atoms with Crippen molar-refractivity contribution in [3.05, 3.63) is 69.8 Å². The SMILES string of the molecule is O=C(Oc1ccc([N+](=O)[O-])cc1)N1CCC2(CC1)CC(c1cccc(C(F)(F)F)c1)CO2. The number of piperidine rings is 1. The predicted molar refractivity (Wildman–Crippen MR) is 107 cm³/mol. The molecule has 0 radical (unpaired) electrons. The van der Waals surface area contributed by atoms with Gasteiger partial charge in [0.05, 0.1) is 22.7 Å². The van der Waals surface area contributed by atoms with Gasteiger partial charge in [-0.1, -0.05) is 18.2 Å². The van der Waals surface area contributed by atoms with E-state index < -0.39 is 28.4 Å². The summed E-state index contributed by atoms with van der Waals surface area (Å²) < 4.78 is 50.4. The molecule has 0 saturated carbocycles. The number of alkyl halides is 3. The second-order valence-corrected chi connectivity index (χ2v) is 8.12. The van der Waals surface area contributed by atoms with Crippen LogP contribution in [0, 0.1) is 10.1 Å². The molecule has 10 heteroatoms. The molecule has 170 valence electrons. The lowest BCUT2D eigenvalue weighted by Gasteiger charge is -2.38. The maximum absolute atomic E-state index is 13.0. The average molecular weight is 450 g/mol. The maximum Gasteiger partial charge on any atom is 0.416 e. The number of ether oxygens (including phenoxy) is 2. The number of benzene rings is 2. The molecule has 2 fully saturated rings.